The van der Waals surface area contributed by atoms with Gasteiger partial charge in [0.2, 0.25) is 0 Å². The maximum atomic E-state index is 13.6. The molecule has 0 unspecified atom stereocenters. The standard InChI is InChI=1S/C16H11F/c17-16(15-11-5-2-6-12-15)13-7-10-14-8-3-1-4-9-14/h1-6,8-9,11-13H/b16-13+. The van der Waals surface area contributed by atoms with Crippen molar-refractivity contribution in [2.45, 2.75) is 0 Å². The molecule has 2 aromatic rings. The molecule has 0 saturated carbocycles. The Balaban J connectivity index is 2.15. The highest BCUT2D eigenvalue weighted by Crippen LogP contribution is 2.14. The molecule has 0 bridgehead atoms. The van der Waals surface area contributed by atoms with E-state index < -0.39 is 0 Å². The normalized spacial score (nSPS) is 10.5. The van der Waals surface area contributed by atoms with Gasteiger partial charge in [0, 0.05) is 17.2 Å². The third kappa shape index (κ3) is 3.32. The highest BCUT2D eigenvalue weighted by molar-refractivity contribution is 5.62. The average molecular weight is 222 g/mol. The van der Waals surface area contributed by atoms with Gasteiger partial charge < -0.3 is 0 Å². The molecule has 0 nitrogen and oxygen atoms in total. The molecule has 1 heteroatoms. The zero-order chi connectivity index (χ0) is 11.9. The van der Waals surface area contributed by atoms with E-state index in [4.69, 9.17) is 0 Å². The number of benzene rings is 2. The van der Waals surface area contributed by atoms with Gasteiger partial charge in [0.1, 0.15) is 5.83 Å². The molecule has 82 valence electrons. The van der Waals surface area contributed by atoms with Crippen LogP contribution < -0.4 is 0 Å². The number of halogens is 1. The first-order valence-electron chi connectivity index (χ1n) is 5.34. The van der Waals surface area contributed by atoms with Crippen molar-refractivity contribution in [2.24, 2.45) is 0 Å². The van der Waals surface area contributed by atoms with Gasteiger partial charge in [0.05, 0.1) is 0 Å². The summed E-state index contributed by atoms with van der Waals surface area (Å²) < 4.78 is 13.6. The van der Waals surface area contributed by atoms with Crippen LogP contribution in [-0.2, 0) is 0 Å². The summed E-state index contributed by atoms with van der Waals surface area (Å²) >= 11 is 0. The quantitative estimate of drug-likeness (QED) is 0.638. The van der Waals surface area contributed by atoms with E-state index in [1.54, 1.807) is 24.3 Å². The Morgan fingerprint density at radius 2 is 1.47 bits per heavy atom. The third-order valence-electron chi connectivity index (χ3n) is 2.24. The van der Waals surface area contributed by atoms with Crippen LogP contribution in [0.1, 0.15) is 11.1 Å². The molecule has 0 aliphatic rings. The molecule has 0 spiro atoms. The molecule has 0 amide bonds. The van der Waals surface area contributed by atoms with E-state index in [0.717, 1.165) is 5.56 Å². The Morgan fingerprint density at radius 3 is 2.12 bits per heavy atom. The number of rotatable bonds is 1. The Kier molecular flexibility index (Phi) is 3.72. The number of allylic oxidation sites excluding steroid dienone is 1. The van der Waals surface area contributed by atoms with Crippen LogP contribution in [0.4, 0.5) is 4.39 Å². The van der Waals surface area contributed by atoms with Gasteiger partial charge in [0.25, 0.3) is 0 Å². The molecule has 0 saturated heterocycles. The minimum absolute atomic E-state index is 0.311. The van der Waals surface area contributed by atoms with Gasteiger partial charge in [-0.15, -0.1) is 0 Å². The second-order valence-corrected chi connectivity index (χ2v) is 3.49. The van der Waals surface area contributed by atoms with Gasteiger partial charge >= 0.3 is 0 Å². The minimum Gasteiger partial charge on any atom is -0.206 e. The average Bonchev–Trinajstić information content (AvgIpc) is 2.41. The monoisotopic (exact) mass is 222 g/mol. The summed E-state index contributed by atoms with van der Waals surface area (Å²) in [5, 5.41) is 0. The first-order chi connectivity index (χ1) is 8.36. The SMILES string of the molecule is F/C(=C/C#Cc1ccccc1)c1ccccc1. The first kappa shape index (κ1) is 11.2. The fraction of sp³-hybridized carbons (Fsp3) is 0. The van der Waals surface area contributed by atoms with Crippen LogP contribution >= 0.6 is 0 Å². The van der Waals surface area contributed by atoms with Crippen LogP contribution in [0.3, 0.4) is 0 Å². The van der Waals surface area contributed by atoms with Crippen LogP contribution in [0.2, 0.25) is 0 Å². The van der Waals surface area contributed by atoms with Crippen LogP contribution in [0.5, 0.6) is 0 Å². The smallest absolute Gasteiger partial charge is 0.138 e. The maximum absolute atomic E-state index is 13.6. The Labute approximate surface area is 100 Å². The zero-order valence-electron chi connectivity index (χ0n) is 9.23. The van der Waals surface area contributed by atoms with Gasteiger partial charge in [-0.1, -0.05) is 60.4 Å². The van der Waals surface area contributed by atoms with Gasteiger partial charge in [-0.05, 0) is 12.1 Å². The predicted molar refractivity (Wildman–Crippen MR) is 68.8 cm³/mol. The molecule has 2 aromatic carbocycles. The fourth-order valence-electron chi connectivity index (χ4n) is 1.38. The van der Waals surface area contributed by atoms with E-state index in [9.17, 15) is 4.39 Å². The van der Waals surface area contributed by atoms with Crippen molar-refractivity contribution >= 4 is 5.83 Å². The first-order valence-corrected chi connectivity index (χ1v) is 5.34. The Bertz CT molecular complexity index is 557. The summed E-state index contributed by atoms with van der Waals surface area (Å²) in [6, 6.07) is 18.4. The third-order valence-corrected chi connectivity index (χ3v) is 2.24. The second-order valence-electron chi connectivity index (χ2n) is 3.49. The minimum atomic E-state index is -0.311. The van der Waals surface area contributed by atoms with Crippen LogP contribution in [0.15, 0.2) is 66.7 Å². The summed E-state index contributed by atoms with van der Waals surface area (Å²) in [6.07, 6.45) is 1.29. The maximum Gasteiger partial charge on any atom is 0.138 e. The molecule has 0 atom stereocenters. The summed E-state index contributed by atoms with van der Waals surface area (Å²) in [5.74, 6) is 5.28. The molecule has 0 heterocycles. The van der Waals surface area contributed by atoms with Crippen LogP contribution in [0.25, 0.3) is 5.83 Å². The number of hydrogen-bond donors (Lipinski definition) is 0. The molecule has 0 aliphatic carbocycles. The molecule has 2 rings (SSSR count). The summed E-state index contributed by atoms with van der Waals surface area (Å²) in [6.45, 7) is 0. The van der Waals surface area contributed by atoms with Crippen molar-refractivity contribution in [3.05, 3.63) is 77.9 Å². The molecule has 0 fully saturated rings. The van der Waals surface area contributed by atoms with E-state index in [0.29, 0.717) is 5.56 Å². The van der Waals surface area contributed by atoms with Crippen LogP contribution in [0, 0.1) is 11.8 Å². The number of hydrogen-bond acceptors (Lipinski definition) is 0. The molecule has 0 aromatic heterocycles. The van der Waals surface area contributed by atoms with Crippen molar-refractivity contribution in [3.8, 4) is 11.8 Å². The Hall–Kier alpha value is -2.33. The molecular weight excluding hydrogens is 211 g/mol. The highest BCUT2D eigenvalue weighted by atomic mass is 19.1. The van der Waals surface area contributed by atoms with Crippen molar-refractivity contribution in [2.75, 3.05) is 0 Å². The van der Waals surface area contributed by atoms with Crippen molar-refractivity contribution in [1.82, 2.24) is 0 Å². The van der Waals surface area contributed by atoms with E-state index in [2.05, 4.69) is 11.8 Å². The second kappa shape index (κ2) is 5.67. The lowest BCUT2D eigenvalue weighted by Gasteiger charge is -1.93. The highest BCUT2D eigenvalue weighted by Gasteiger charge is 1.95. The lowest BCUT2D eigenvalue weighted by atomic mass is 10.2. The molecule has 0 N–H and O–H groups in total. The summed E-state index contributed by atoms with van der Waals surface area (Å²) in [7, 11) is 0. The lowest BCUT2D eigenvalue weighted by molar-refractivity contribution is 0.761. The van der Waals surface area contributed by atoms with Crippen molar-refractivity contribution in [3.63, 3.8) is 0 Å². The summed E-state index contributed by atoms with van der Waals surface area (Å²) in [4.78, 5) is 0. The van der Waals surface area contributed by atoms with Gasteiger partial charge in [0.15, 0.2) is 0 Å². The van der Waals surface area contributed by atoms with Crippen molar-refractivity contribution in [1.29, 1.82) is 0 Å². The van der Waals surface area contributed by atoms with E-state index >= 15 is 0 Å². The van der Waals surface area contributed by atoms with Gasteiger partial charge in [-0.2, -0.15) is 0 Å². The summed E-state index contributed by atoms with van der Waals surface area (Å²) in [5.41, 5.74) is 1.43. The molecule has 17 heavy (non-hydrogen) atoms. The zero-order valence-corrected chi connectivity index (χ0v) is 9.23. The van der Waals surface area contributed by atoms with Crippen molar-refractivity contribution < 1.29 is 4.39 Å². The predicted octanol–water partition coefficient (Wildman–Crippen LogP) is 4.05. The topological polar surface area (TPSA) is 0 Å². The molecule has 0 aliphatic heterocycles. The van der Waals surface area contributed by atoms with Gasteiger partial charge in [-0.25, -0.2) is 4.39 Å². The lowest BCUT2D eigenvalue weighted by Crippen LogP contribution is -1.75. The van der Waals surface area contributed by atoms with E-state index in [1.807, 2.05) is 36.4 Å². The Morgan fingerprint density at radius 1 is 0.882 bits per heavy atom. The largest absolute Gasteiger partial charge is 0.206 e. The van der Waals surface area contributed by atoms with Crippen LogP contribution in [-0.4, -0.2) is 0 Å². The van der Waals surface area contributed by atoms with E-state index in [-0.39, 0.29) is 5.83 Å². The molecule has 0 radical (unpaired) electrons. The van der Waals surface area contributed by atoms with Gasteiger partial charge in [-0.3, -0.25) is 0 Å². The fourth-order valence-corrected chi connectivity index (χ4v) is 1.38. The van der Waals surface area contributed by atoms with E-state index in [1.165, 1.54) is 6.08 Å². The molecular formula is C16H11F.